The van der Waals surface area contributed by atoms with Crippen molar-refractivity contribution in [3.8, 4) is 0 Å². The van der Waals surface area contributed by atoms with Gasteiger partial charge in [0.05, 0.1) is 5.69 Å². The molecule has 0 bridgehead atoms. The molecule has 1 heterocycles. The van der Waals surface area contributed by atoms with E-state index in [0.29, 0.717) is 5.92 Å². The summed E-state index contributed by atoms with van der Waals surface area (Å²) >= 11 is 0. The Labute approximate surface area is 98.1 Å². The summed E-state index contributed by atoms with van der Waals surface area (Å²) in [6, 6.07) is 0. The van der Waals surface area contributed by atoms with Gasteiger partial charge >= 0.3 is 0 Å². The summed E-state index contributed by atoms with van der Waals surface area (Å²) in [4.78, 5) is 4.72. The maximum Gasteiger partial charge on any atom is 0.126 e. The maximum absolute atomic E-state index is 6.16. The van der Waals surface area contributed by atoms with Crippen molar-refractivity contribution in [3.63, 3.8) is 0 Å². The number of aryl methyl sites for hydroxylation is 1. The fourth-order valence-electron chi connectivity index (χ4n) is 2.88. The van der Waals surface area contributed by atoms with Crippen molar-refractivity contribution < 1.29 is 0 Å². The molecule has 0 aliphatic heterocycles. The van der Waals surface area contributed by atoms with Crippen LogP contribution in [0.25, 0.3) is 0 Å². The quantitative estimate of drug-likeness (QED) is 0.834. The zero-order valence-electron chi connectivity index (χ0n) is 10.7. The largest absolute Gasteiger partial charge is 0.384 e. The highest BCUT2D eigenvalue weighted by atomic mass is 15.1. The van der Waals surface area contributed by atoms with E-state index in [1.807, 2.05) is 7.05 Å². The number of aromatic nitrogens is 2. The lowest BCUT2D eigenvalue weighted by molar-refractivity contribution is 0.341. The minimum atomic E-state index is 0.593. The number of nitrogens with two attached hydrogens (primary N) is 1. The van der Waals surface area contributed by atoms with Crippen LogP contribution >= 0.6 is 0 Å². The van der Waals surface area contributed by atoms with Crippen LogP contribution in [-0.4, -0.2) is 9.55 Å². The molecule has 2 atom stereocenters. The van der Waals surface area contributed by atoms with E-state index in [0.717, 1.165) is 29.7 Å². The summed E-state index contributed by atoms with van der Waals surface area (Å²) in [5.41, 5.74) is 7.31. The molecule has 1 aliphatic carbocycles. The Balaban J connectivity index is 2.25. The van der Waals surface area contributed by atoms with Crippen molar-refractivity contribution in [2.24, 2.45) is 13.0 Å². The van der Waals surface area contributed by atoms with Gasteiger partial charge in [-0.25, -0.2) is 4.98 Å². The molecule has 2 rings (SSSR count). The van der Waals surface area contributed by atoms with Crippen LogP contribution in [-0.2, 0) is 13.5 Å². The van der Waals surface area contributed by atoms with Gasteiger partial charge in [-0.15, -0.1) is 0 Å². The molecule has 0 radical (unpaired) electrons. The van der Waals surface area contributed by atoms with E-state index in [4.69, 9.17) is 10.7 Å². The highest BCUT2D eigenvalue weighted by Gasteiger charge is 2.25. The van der Waals surface area contributed by atoms with E-state index < -0.39 is 0 Å². The van der Waals surface area contributed by atoms with Gasteiger partial charge < -0.3 is 10.3 Å². The van der Waals surface area contributed by atoms with Gasteiger partial charge in [-0.1, -0.05) is 26.7 Å². The second-order valence-corrected chi connectivity index (χ2v) is 5.18. The SMILES string of the molecule is CCc1nc(C2CCCC(C)C2)c(N)n1C. The molecule has 0 saturated heterocycles. The topological polar surface area (TPSA) is 43.8 Å². The first-order valence-electron chi connectivity index (χ1n) is 6.44. The van der Waals surface area contributed by atoms with Gasteiger partial charge in [0, 0.05) is 19.4 Å². The molecular weight excluding hydrogens is 198 g/mol. The van der Waals surface area contributed by atoms with Gasteiger partial charge in [-0.2, -0.15) is 0 Å². The predicted molar refractivity (Wildman–Crippen MR) is 67.4 cm³/mol. The monoisotopic (exact) mass is 221 g/mol. The average Bonchev–Trinajstić information content (AvgIpc) is 2.56. The van der Waals surface area contributed by atoms with Gasteiger partial charge in [0.15, 0.2) is 0 Å². The van der Waals surface area contributed by atoms with E-state index >= 15 is 0 Å². The molecule has 1 fully saturated rings. The maximum atomic E-state index is 6.16. The lowest BCUT2D eigenvalue weighted by Gasteiger charge is -2.25. The highest BCUT2D eigenvalue weighted by molar-refractivity contribution is 5.40. The fourth-order valence-corrected chi connectivity index (χ4v) is 2.88. The molecule has 3 nitrogen and oxygen atoms in total. The zero-order chi connectivity index (χ0) is 11.7. The number of hydrogen-bond acceptors (Lipinski definition) is 2. The molecule has 0 spiro atoms. The number of anilines is 1. The smallest absolute Gasteiger partial charge is 0.126 e. The van der Waals surface area contributed by atoms with Crippen molar-refractivity contribution in [2.75, 3.05) is 5.73 Å². The molecule has 1 aliphatic rings. The molecule has 2 unspecified atom stereocenters. The van der Waals surface area contributed by atoms with E-state index in [-0.39, 0.29) is 0 Å². The summed E-state index contributed by atoms with van der Waals surface area (Å²) in [5.74, 6) is 3.42. The third kappa shape index (κ3) is 1.95. The minimum absolute atomic E-state index is 0.593. The van der Waals surface area contributed by atoms with E-state index in [9.17, 15) is 0 Å². The van der Waals surface area contributed by atoms with E-state index in [1.54, 1.807) is 0 Å². The second kappa shape index (κ2) is 4.48. The third-order valence-electron chi connectivity index (χ3n) is 3.90. The Morgan fingerprint density at radius 2 is 2.19 bits per heavy atom. The summed E-state index contributed by atoms with van der Waals surface area (Å²) in [6.45, 7) is 4.47. The van der Waals surface area contributed by atoms with Crippen LogP contribution in [0.2, 0.25) is 0 Å². The number of nitrogens with zero attached hydrogens (tertiary/aromatic N) is 2. The molecule has 90 valence electrons. The van der Waals surface area contributed by atoms with Crippen LogP contribution in [0.15, 0.2) is 0 Å². The number of rotatable bonds is 2. The van der Waals surface area contributed by atoms with Crippen LogP contribution < -0.4 is 5.73 Å². The predicted octanol–water partition coefficient (Wildman–Crippen LogP) is 2.86. The van der Waals surface area contributed by atoms with Crippen LogP contribution in [0.1, 0.15) is 57.0 Å². The van der Waals surface area contributed by atoms with Crippen LogP contribution in [0.3, 0.4) is 0 Å². The molecule has 1 aromatic heterocycles. The van der Waals surface area contributed by atoms with Crippen molar-refractivity contribution >= 4 is 5.82 Å². The lowest BCUT2D eigenvalue weighted by atomic mass is 9.81. The molecule has 1 saturated carbocycles. The van der Waals surface area contributed by atoms with Gasteiger partial charge in [-0.05, 0) is 18.8 Å². The minimum Gasteiger partial charge on any atom is -0.384 e. The van der Waals surface area contributed by atoms with Gasteiger partial charge in [-0.3, -0.25) is 0 Å². The first-order chi connectivity index (χ1) is 7.63. The number of hydrogen-bond donors (Lipinski definition) is 1. The van der Waals surface area contributed by atoms with Gasteiger partial charge in [0.1, 0.15) is 11.6 Å². The normalized spacial score (nSPS) is 25.9. The van der Waals surface area contributed by atoms with Gasteiger partial charge in [0.2, 0.25) is 0 Å². The molecule has 0 amide bonds. The molecule has 16 heavy (non-hydrogen) atoms. The second-order valence-electron chi connectivity index (χ2n) is 5.18. The first kappa shape index (κ1) is 11.5. The van der Waals surface area contributed by atoms with E-state index in [1.165, 1.54) is 25.7 Å². The Kier molecular flexibility index (Phi) is 3.22. The molecule has 3 heteroatoms. The van der Waals surface area contributed by atoms with Crippen LogP contribution in [0.4, 0.5) is 5.82 Å². The summed E-state index contributed by atoms with van der Waals surface area (Å²) < 4.78 is 2.05. The Morgan fingerprint density at radius 1 is 1.44 bits per heavy atom. The highest BCUT2D eigenvalue weighted by Crippen LogP contribution is 2.37. The Morgan fingerprint density at radius 3 is 2.75 bits per heavy atom. The van der Waals surface area contributed by atoms with Crippen molar-refractivity contribution in [1.82, 2.24) is 9.55 Å². The van der Waals surface area contributed by atoms with E-state index in [2.05, 4.69) is 18.4 Å². The van der Waals surface area contributed by atoms with Gasteiger partial charge in [0.25, 0.3) is 0 Å². The molecule has 0 aromatic carbocycles. The number of nitrogen functional groups attached to an aromatic ring is 1. The van der Waals surface area contributed by atoms with Crippen molar-refractivity contribution in [2.45, 2.75) is 51.9 Å². The molecule has 2 N–H and O–H groups in total. The molecule has 1 aromatic rings. The first-order valence-corrected chi connectivity index (χ1v) is 6.44. The fraction of sp³-hybridized carbons (Fsp3) is 0.769. The summed E-state index contributed by atoms with van der Waals surface area (Å²) in [6.07, 6.45) is 6.16. The standard InChI is InChI=1S/C13H23N3/c1-4-11-15-12(13(14)16(11)3)10-7-5-6-9(2)8-10/h9-10H,4-8,14H2,1-3H3. The Bertz CT molecular complexity index is 367. The Hall–Kier alpha value is -0.990. The van der Waals surface area contributed by atoms with Crippen LogP contribution in [0.5, 0.6) is 0 Å². The third-order valence-corrected chi connectivity index (χ3v) is 3.90. The number of imidazole rings is 1. The van der Waals surface area contributed by atoms with Crippen molar-refractivity contribution in [1.29, 1.82) is 0 Å². The summed E-state index contributed by atoms with van der Waals surface area (Å²) in [5, 5.41) is 0. The molecular formula is C13H23N3. The summed E-state index contributed by atoms with van der Waals surface area (Å²) in [7, 11) is 2.02. The zero-order valence-corrected chi connectivity index (χ0v) is 10.7. The lowest BCUT2D eigenvalue weighted by Crippen LogP contribution is -2.13. The van der Waals surface area contributed by atoms with Crippen LogP contribution in [0, 0.1) is 5.92 Å². The van der Waals surface area contributed by atoms with Crippen molar-refractivity contribution in [3.05, 3.63) is 11.5 Å². The average molecular weight is 221 g/mol.